The number of nitrogens with one attached hydrogen (secondary N) is 2. The van der Waals surface area contributed by atoms with Gasteiger partial charge in [-0.3, -0.25) is 0 Å². The molecule has 1 aromatic rings. The van der Waals surface area contributed by atoms with E-state index in [9.17, 15) is 9.18 Å². The van der Waals surface area contributed by atoms with E-state index in [0.717, 1.165) is 26.1 Å². The van der Waals surface area contributed by atoms with Crippen LogP contribution >= 0.6 is 0 Å². The highest BCUT2D eigenvalue weighted by Gasteiger charge is 2.19. The molecule has 1 unspecified atom stereocenters. The van der Waals surface area contributed by atoms with E-state index in [1.54, 1.807) is 6.07 Å². The Balaban J connectivity index is 1.74. The number of likely N-dealkylation sites (tertiary alicyclic amines) is 1. The summed E-state index contributed by atoms with van der Waals surface area (Å²) in [7, 11) is 1.49. The first-order valence-corrected chi connectivity index (χ1v) is 8.18. The summed E-state index contributed by atoms with van der Waals surface area (Å²) in [5.41, 5.74) is 0.673. The molecule has 0 radical (unpaired) electrons. The topological polar surface area (TPSA) is 53.6 Å². The Hall–Kier alpha value is -1.82. The summed E-state index contributed by atoms with van der Waals surface area (Å²) in [6.45, 7) is 6.36. The smallest absolute Gasteiger partial charge is 0.315 e. The van der Waals surface area contributed by atoms with Gasteiger partial charge in [0.1, 0.15) is 11.6 Å². The lowest BCUT2D eigenvalue weighted by molar-refractivity contribution is 0.179. The number of carbonyl (C=O) groups excluding carboxylic acids is 1. The van der Waals surface area contributed by atoms with Crippen LogP contribution in [-0.2, 0) is 6.54 Å². The molecule has 1 saturated heterocycles. The van der Waals surface area contributed by atoms with Crippen LogP contribution in [0.25, 0.3) is 0 Å². The van der Waals surface area contributed by atoms with E-state index in [4.69, 9.17) is 4.74 Å². The quantitative estimate of drug-likeness (QED) is 0.845. The van der Waals surface area contributed by atoms with Gasteiger partial charge in [0, 0.05) is 25.7 Å². The second-order valence-electron chi connectivity index (χ2n) is 5.96. The lowest BCUT2D eigenvalue weighted by Crippen LogP contribution is -2.43. The van der Waals surface area contributed by atoms with Crippen LogP contribution in [0.15, 0.2) is 18.2 Å². The van der Waals surface area contributed by atoms with Gasteiger partial charge in [-0.1, -0.05) is 6.92 Å². The molecule has 2 amide bonds. The van der Waals surface area contributed by atoms with Crippen LogP contribution in [0.2, 0.25) is 0 Å². The number of benzene rings is 1. The summed E-state index contributed by atoms with van der Waals surface area (Å²) in [5, 5.41) is 5.67. The molecule has 1 atom stereocenters. The van der Waals surface area contributed by atoms with E-state index >= 15 is 0 Å². The molecule has 6 heteroatoms. The minimum absolute atomic E-state index is 0.221. The highest BCUT2D eigenvalue weighted by atomic mass is 19.1. The van der Waals surface area contributed by atoms with Crippen LogP contribution in [0, 0.1) is 11.7 Å². The molecule has 23 heavy (non-hydrogen) atoms. The molecule has 0 bridgehead atoms. The summed E-state index contributed by atoms with van der Waals surface area (Å²) in [4.78, 5) is 14.3. The van der Waals surface area contributed by atoms with Crippen molar-refractivity contribution in [2.24, 2.45) is 5.92 Å². The number of carbonyl (C=O) groups is 1. The van der Waals surface area contributed by atoms with E-state index in [1.807, 2.05) is 0 Å². The minimum atomic E-state index is -0.372. The predicted octanol–water partition coefficient (Wildman–Crippen LogP) is 2.37. The molecule has 1 aromatic carbocycles. The van der Waals surface area contributed by atoms with Gasteiger partial charge in [0.05, 0.1) is 7.11 Å². The van der Waals surface area contributed by atoms with Crippen molar-refractivity contribution in [3.8, 4) is 5.75 Å². The largest absolute Gasteiger partial charge is 0.497 e. The number of rotatable bonds is 6. The monoisotopic (exact) mass is 323 g/mol. The van der Waals surface area contributed by atoms with E-state index in [0.29, 0.717) is 23.8 Å². The molecule has 1 fully saturated rings. The summed E-state index contributed by atoms with van der Waals surface area (Å²) < 4.78 is 18.4. The van der Waals surface area contributed by atoms with Gasteiger partial charge < -0.3 is 20.3 Å². The molecule has 2 N–H and O–H groups in total. The average molecular weight is 323 g/mol. The predicted molar refractivity (Wildman–Crippen MR) is 88.0 cm³/mol. The molecule has 128 valence electrons. The molecule has 2 rings (SSSR count). The Bertz CT molecular complexity index is 525. The Morgan fingerprint density at radius 1 is 1.39 bits per heavy atom. The fourth-order valence-electron chi connectivity index (χ4n) is 2.93. The number of ether oxygens (including phenoxy) is 1. The van der Waals surface area contributed by atoms with Crippen molar-refractivity contribution in [3.63, 3.8) is 0 Å². The van der Waals surface area contributed by atoms with Gasteiger partial charge in [0.2, 0.25) is 0 Å². The third kappa shape index (κ3) is 5.71. The van der Waals surface area contributed by atoms with Gasteiger partial charge in [-0.2, -0.15) is 0 Å². The SMILES string of the molecule is CCN1CCCC(CNC(=O)NCc2cc(F)cc(OC)c2)C1. The third-order valence-electron chi connectivity index (χ3n) is 4.22. The van der Waals surface area contributed by atoms with Crippen LogP contribution in [0.1, 0.15) is 25.3 Å². The van der Waals surface area contributed by atoms with Crippen molar-refractivity contribution in [1.29, 1.82) is 0 Å². The lowest BCUT2D eigenvalue weighted by Gasteiger charge is -2.31. The maximum atomic E-state index is 13.4. The molecule has 0 aromatic heterocycles. The van der Waals surface area contributed by atoms with Crippen molar-refractivity contribution < 1.29 is 13.9 Å². The number of hydrogen-bond acceptors (Lipinski definition) is 3. The van der Waals surface area contributed by atoms with Crippen molar-refractivity contribution in [2.75, 3.05) is 33.3 Å². The Morgan fingerprint density at radius 3 is 2.96 bits per heavy atom. The van der Waals surface area contributed by atoms with Crippen LogP contribution in [-0.4, -0.2) is 44.2 Å². The average Bonchev–Trinajstić information content (AvgIpc) is 2.57. The maximum absolute atomic E-state index is 13.4. The zero-order valence-corrected chi connectivity index (χ0v) is 13.9. The van der Waals surface area contributed by atoms with Crippen LogP contribution in [0.3, 0.4) is 0 Å². The summed E-state index contributed by atoms with van der Waals surface area (Å²) in [6, 6.07) is 4.19. The van der Waals surface area contributed by atoms with Gasteiger partial charge in [-0.25, -0.2) is 9.18 Å². The molecule has 0 aliphatic carbocycles. The molecule has 0 saturated carbocycles. The second kappa shape index (κ2) is 8.72. The Labute approximate surface area is 137 Å². The van der Waals surface area contributed by atoms with Crippen molar-refractivity contribution in [3.05, 3.63) is 29.6 Å². The number of methoxy groups -OCH3 is 1. The summed E-state index contributed by atoms with van der Waals surface area (Å²) >= 11 is 0. The summed E-state index contributed by atoms with van der Waals surface area (Å²) in [5.74, 6) is 0.580. The van der Waals surface area contributed by atoms with Crippen LogP contribution in [0.5, 0.6) is 5.75 Å². The number of urea groups is 1. The molecule has 1 aliphatic rings. The van der Waals surface area contributed by atoms with Crippen molar-refractivity contribution in [2.45, 2.75) is 26.3 Å². The third-order valence-corrected chi connectivity index (χ3v) is 4.22. The molecule has 1 heterocycles. The maximum Gasteiger partial charge on any atom is 0.315 e. The van der Waals surface area contributed by atoms with Crippen LogP contribution < -0.4 is 15.4 Å². The van der Waals surface area contributed by atoms with Crippen LogP contribution in [0.4, 0.5) is 9.18 Å². The number of halogens is 1. The van der Waals surface area contributed by atoms with Gasteiger partial charge >= 0.3 is 6.03 Å². The molecular formula is C17H26FN3O2. The van der Waals surface area contributed by atoms with E-state index < -0.39 is 0 Å². The number of nitrogens with zero attached hydrogens (tertiary/aromatic N) is 1. The summed E-state index contributed by atoms with van der Waals surface area (Å²) in [6.07, 6.45) is 2.34. The highest BCUT2D eigenvalue weighted by Crippen LogP contribution is 2.16. The first kappa shape index (κ1) is 17.5. The second-order valence-corrected chi connectivity index (χ2v) is 5.96. The Kier molecular flexibility index (Phi) is 6.65. The fraction of sp³-hybridized carbons (Fsp3) is 0.588. The van der Waals surface area contributed by atoms with Gasteiger partial charge in [0.15, 0.2) is 0 Å². The molecule has 0 spiro atoms. The number of amides is 2. The normalized spacial score (nSPS) is 18.5. The van der Waals surface area contributed by atoms with Crippen molar-refractivity contribution >= 4 is 6.03 Å². The number of piperidine rings is 1. The standard InChI is InChI=1S/C17H26FN3O2/c1-3-21-6-4-5-13(12-21)10-19-17(22)20-11-14-7-15(18)9-16(8-14)23-2/h7-9,13H,3-6,10-12H2,1-2H3,(H2,19,20,22). The van der Waals surface area contributed by atoms with E-state index in [1.165, 1.54) is 25.7 Å². The van der Waals surface area contributed by atoms with Gasteiger partial charge in [-0.15, -0.1) is 0 Å². The van der Waals surface area contributed by atoms with E-state index in [2.05, 4.69) is 22.5 Å². The zero-order chi connectivity index (χ0) is 16.7. The van der Waals surface area contributed by atoms with Gasteiger partial charge in [-0.05, 0) is 49.5 Å². The minimum Gasteiger partial charge on any atom is -0.497 e. The number of hydrogen-bond donors (Lipinski definition) is 2. The first-order valence-electron chi connectivity index (χ1n) is 8.18. The molecule has 5 nitrogen and oxygen atoms in total. The van der Waals surface area contributed by atoms with Gasteiger partial charge in [0.25, 0.3) is 0 Å². The van der Waals surface area contributed by atoms with E-state index in [-0.39, 0.29) is 18.4 Å². The lowest BCUT2D eigenvalue weighted by atomic mass is 9.98. The Morgan fingerprint density at radius 2 is 2.22 bits per heavy atom. The van der Waals surface area contributed by atoms with Crippen molar-refractivity contribution in [1.82, 2.24) is 15.5 Å². The molecule has 1 aliphatic heterocycles. The molecular weight excluding hydrogens is 297 g/mol. The zero-order valence-electron chi connectivity index (χ0n) is 13.9. The first-order chi connectivity index (χ1) is 11.1. The highest BCUT2D eigenvalue weighted by molar-refractivity contribution is 5.73. The fourth-order valence-corrected chi connectivity index (χ4v) is 2.93.